The maximum Gasteiger partial charge on any atom is 0.326 e. The highest BCUT2D eigenvalue weighted by Gasteiger charge is 2.22. The minimum absolute atomic E-state index is 0.0130. The Morgan fingerprint density at radius 1 is 1.37 bits per heavy atom. The van der Waals surface area contributed by atoms with Crippen LogP contribution >= 0.6 is 0 Å². The van der Waals surface area contributed by atoms with Crippen LogP contribution in [0.5, 0.6) is 0 Å². The first-order valence-electron chi connectivity index (χ1n) is 6.30. The summed E-state index contributed by atoms with van der Waals surface area (Å²) in [5.41, 5.74) is 0. The van der Waals surface area contributed by atoms with Crippen molar-refractivity contribution in [1.29, 1.82) is 0 Å². The van der Waals surface area contributed by atoms with E-state index in [2.05, 4.69) is 5.32 Å². The number of urea groups is 1. The molecule has 0 saturated heterocycles. The number of nitrogens with zero attached hydrogens (tertiary/aromatic N) is 1. The van der Waals surface area contributed by atoms with E-state index in [4.69, 9.17) is 14.9 Å². The fraction of sp³-hybridized carbons (Fsp3) is 0.833. The molecule has 1 atom stereocenters. The van der Waals surface area contributed by atoms with Gasteiger partial charge in [0.05, 0.1) is 6.61 Å². The number of ether oxygens (including phenoxy) is 1. The van der Waals surface area contributed by atoms with E-state index in [1.54, 1.807) is 0 Å². The molecule has 112 valence electrons. The largest absolute Gasteiger partial charge is 0.480 e. The van der Waals surface area contributed by atoms with Crippen LogP contribution in [0.3, 0.4) is 0 Å². The Morgan fingerprint density at radius 2 is 2.00 bits per heavy atom. The second kappa shape index (κ2) is 9.57. The zero-order valence-electron chi connectivity index (χ0n) is 11.8. The monoisotopic (exact) mass is 276 g/mol. The molecule has 2 amide bonds. The Balaban J connectivity index is 4.54. The molecule has 0 aliphatic carbocycles. The average Bonchev–Trinajstić information content (AvgIpc) is 2.33. The summed E-state index contributed by atoms with van der Waals surface area (Å²) in [6.45, 7) is 4.94. The van der Waals surface area contributed by atoms with Crippen molar-refractivity contribution in [2.24, 2.45) is 5.92 Å². The van der Waals surface area contributed by atoms with Crippen molar-refractivity contribution >= 4 is 12.0 Å². The van der Waals surface area contributed by atoms with Gasteiger partial charge < -0.3 is 25.2 Å². The summed E-state index contributed by atoms with van der Waals surface area (Å²) in [5, 5.41) is 20.1. The van der Waals surface area contributed by atoms with Crippen molar-refractivity contribution < 1.29 is 24.5 Å². The molecule has 0 heterocycles. The Morgan fingerprint density at radius 3 is 2.42 bits per heavy atom. The summed E-state index contributed by atoms with van der Waals surface area (Å²) in [6, 6.07) is -1.53. The molecule has 0 aromatic rings. The standard InChI is InChI=1S/C12H24N2O5/c1-9(2)8-14(5-7-19-3)12(18)13-10(4-6-15)11(16)17/h9-10,15H,4-8H2,1-3H3,(H,13,18)(H,16,17)/t10-/m1/s1. The van der Waals surface area contributed by atoms with Gasteiger partial charge in [-0.15, -0.1) is 0 Å². The van der Waals surface area contributed by atoms with Gasteiger partial charge in [-0.2, -0.15) is 0 Å². The number of aliphatic hydroxyl groups excluding tert-OH is 1. The summed E-state index contributed by atoms with van der Waals surface area (Å²) in [6.07, 6.45) is -0.0130. The van der Waals surface area contributed by atoms with E-state index in [9.17, 15) is 9.59 Å². The second-order valence-corrected chi connectivity index (χ2v) is 4.69. The van der Waals surface area contributed by atoms with Crippen molar-refractivity contribution in [3.63, 3.8) is 0 Å². The first-order chi connectivity index (χ1) is 8.92. The van der Waals surface area contributed by atoms with Gasteiger partial charge >= 0.3 is 12.0 Å². The fourth-order valence-electron chi connectivity index (χ4n) is 1.54. The Kier molecular flexibility index (Phi) is 8.90. The predicted octanol–water partition coefficient (Wildman–Crippen LogP) is 0.136. The first kappa shape index (κ1) is 17.7. The highest BCUT2D eigenvalue weighted by atomic mass is 16.5. The molecule has 0 aromatic carbocycles. The molecule has 0 bridgehead atoms. The van der Waals surface area contributed by atoms with E-state index < -0.39 is 18.0 Å². The molecule has 0 radical (unpaired) electrons. The predicted molar refractivity (Wildman–Crippen MR) is 69.9 cm³/mol. The Hall–Kier alpha value is -1.34. The number of nitrogens with one attached hydrogen (secondary N) is 1. The molecule has 7 heteroatoms. The fourth-order valence-corrected chi connectivity index (χ4v) is 1.54. The third kappa shape index (κ3) is 7.63. The molecule has 7 nitrogen and oxygen atoms in total. The SMILES string of the molecule is COCCN(CC(C)C)C(=O)N[C@H](CCO)C(=O)O. The maximum absolute atomic E-state index is 12.0. The number of carbonyl (C=O) groups is 2. The minimum atomic E-state index is -1.15. The lowest BCUT2D eigenvalue weighted by Crippen LogP contribution is -2.50. The van der Waals surface area contributed by atoms with Crippen molar-refractivity contribution in [1.82, 2.24) is 10.2 Å². The van der Waals surface area contributed by atoms with Crippen LogP contribution in [-0.2, 0) is 9.53 Å². The van der Waals surface area contributed by atoms with E-state index in [0.717, 1.165) is 0 Å². The molecule has 0 fully saturated rings. The maximum atomic E-state index is 12.0. The lowest BCUT2D eigenvalue weighted by Gasteiger charge is -2.26. The van der Waals surface area contributed by atoms with Crippen LogP contribution in [0.1, 0.15) is 20.3 Å². The summed E-state index contributed by atoms with van der Waals surface area (Å²) < 4.78 is 4.93. The van der Waals surface area contributed by atoms with Gasteiger partial charge in [0, 0.05) is 33.2 Å². The van der Waals surface area contributed by atoms with Crippen LogP contribution in [0.4, 0.5) is 4.79 Å². The van der Waals surface area contributed by atoms with E-state index in [0.29, 0.717) is 19.7 Å². The quantitative estimate of drug-likeness (QED) is 0.556. The molecule has 0 aliphatic rings. The van der Waals surface area contributed by atoms with Crippen molar-refractivity contribution in [2.75, 3.05) is 33.4 Å². The zero-order chi connectivity index (χ0) is 14.8. The van der Waals surface area contributed by atoms with Gasteiger partial charge in [-0.25, -0.2) is 9.59 Å². The Labute approximate surface area is 113 Å². The second-order valence-electron chi connectivity index (χ2n) is 4.69. The van der Waals surface area contributed by atoms with Crippen molar-refractivity contribution in [3.05, 3.63) is 0 Å². The molecule has 0 saturated carbocycles. The van der Waals surface area contributed by atoms with Gasteiger partial charge in [0.25, 0.3) is 0 Å². The van der Waals surface area contributed by atoms with Gasteiger partial charge in [-0.1, -0.05) is 13.8 Å². The van der Waals surface area contributed by atoms with E-state index in [-0.39, 0.29) is 18.9 Å². The van der Waals surface area contributed by atoms with Crippen LogP contribution in [0, 0.1) is 5.92 Å². The molecular weight excluding hydrogens is 252 g/mol. The third-order valence-electron chi connectivity index (χ3n) is 2.45. The van der Waals surface area contributed by atoms with E-state index >= 15 is 0 Å². The lowest BCUT2D eigenvalue weighted by atomic mass is 10.2. The van der Waals surface area contributed by atoms with Gasteiger partial charge in [0.2, 0.25) is 0 Å². The number of carboxylic acids is 1. The topological polar surface area (TPSA) is 99.1 Å². The molecule has 0 unspecified atom stereocenters. The molecule has 3 N–H and O–H groups in total. The summed E-state index contributed by atoms with van der Waals surface area (Å²) >= 11 is 0. The van der Waals surface area contributed by atoms with Gasteiger partial charge in [0.1, 0.15) is 6.04 Å². The average molecular weight is 276 g/mol. The van der Waals surface area contributed by atoms with Crippen LogP contribution in [-0.4, -0.2) is 66.6 Å². The normalized spacial score (nSPS) is 12.3. The summed E-state index contributed by atoms with van der Waals surface area (Å²) in [4.78, 5) is 24.4. The van der Waals surface area contributed by atoms with Crippen LogP contribution in [0.15, 0.2) is 0 Å². The molecule has 0 aliphatic heterocycles. The minimum Gasteiger partial charge on any atom is -0.480 e. The summed E-state index contributed by atoms with van der Waals surface area (Å²) in [7, 11) is 1.54. The van der Waals surface area contributed by atoms with Crippen LogP contribution in [0.25, 0.3) is 0 Å². The van der Waals surface area contributed by atoms with Crippen molar-refractivity contribution in [2.45, 2.75) is 26.3 Å². The van der Waals surface area contributed by atoms with Gasteiger partial charge in [-0.3, -0.25) is 0 Å². The summed E-state index contributed by atoms with van der Waals surface area (Å²) in [5.74, 6) is -0.887. The number of methoxy groups -OCH3 is 1. The number of carboxylic acid groups (broad SMARTS) is 1. The number of aliphatic carboxylic acids is 1. The Bertz CT molecular complexity index is 283. The third-order valence-corrected chi connectivity index (χ3v) is 2.45. The lowest BCUT2D eigenvalue weighted by molar-refractivity contribution is -0.139. The number of amides is 2. The van der Waals surface area contributed by atoms with E-state index in [1.807, 2.05) is 13.8 Å². The van der Waals surface area contributed by atoms with Crippen LogP contribution in [0.2, 0.25) is 0 Å². The van der Waals surface area contributed by atoms with Gasteiger partial charge in [0.15, 0.2) is 0 Å². The number of aliphatic hydroxyl groups is 1. The number of carbonyl (C=O) groups excluding carboxylic acids is 1. The molecule has 19 heavy (non-hydrogen) atoms. The molecular formula is C12H24N2O5. The first-order valence-corrected chi connectivity index (χ1v) is 6.30. The molecule has 0 rings (SSSR count). The zero-order valence-corrected chi connectivity index (χ0v) is 11.8. The number of hydrogen-bond donors (Lipinski definition) is 3. The van der Waals surface area contributed by atoms with Gasteiger partial charge in [-0.05, 0) is 5.92 Å². The number of rotatable bonds is 9. The molecule has 0 spiro atoms. The van der Waals surface area contributed by atoms with Crippen molar-refractivity contribution in [3.8, 4) is 0 Å². The smallest absolute Gasteiger partial charge is 0.326 e. The highest BCUT2D eigenvalue weighted by molar-refractivity contribution is 5.82. The highest BCUT2D eigenvalue weighted by Crippen LogP contribution is 2.01. The number of hydrogen-bond acceptors (Lipinski definition) is 4. The van der Waals surface area contributed by atoms with E-state index in [1.165, 1.54) is 12.0 Å². The van der Waals surface area contributed by atoms with Crippen LogP contribution < -0.4 is 5.32 Å². The molecule has 0 aromatic heterocycles.